The molecule has 0 saturated heterocycles. The average molecular weight is 457 g/mol. The first-order chi connectivity index (χ1) is 15.5. The summed E-state index contributed by atoms with van der Waals surface area (Å²) in [5, 5.41) is 0. The predicted octanol–water partition coefficient (Wildman–Crippen LogP) is 8.94. The van der Waals surface area contributed by atoms with E-state index in [-0.39, 0.29) is 11.9 Å². The van der Waals surface area contributed by atoms with Gasteiger partial charge in [0.05, 0.1) is 13.2 Å². The van der Waals surface area contributed by atoms with Gasteiger partial charge in [-0.2, -0.15) is 0 Å². The Bertz CT molecular complexity index is 346. The lowest BCUT2D eigenvalue weighted by Gasteiger charge is -2.02. The lowest BCUT2D eigenvalue weighted by Crippen LogP contribution is -2.00. The molecule has 0 amide bonds. The zero-order valence-corrected chi connectivity index (χ0v) is 22.2. The van der Waals surface area contributed by atoms with Crippen LogP contribution < -0.4 is 0 Å². The highest BCUT2D eigenvalue weighted by Gasteiger charge is 1.95. The van der Waals surface area contributed by atoms with E-state index in [9.17, 15) is 9.59 Å². The van der Waals surface area contributed by atoms with Crippen LogP contribution in [-0.2, 0) is 19.1 Å². The molecule has 0 bridgehead atoms. The summed E-state index contributed by atoms with van der Waals surface area (Å²) in [5.41, 5.74) is 0. The zero-order valence-electron chi connectivity index (χ0n) is 22.2. The van der Waals surface area contributed by atoms with Crippen LogP contribution in [-0.4, -0.2) is 25.2 Å². The van der Waals surface area contributed by atoms with Crippen LogP contribution in [0.15, 0.2) is 0 Å². The van der Waals surface area contributed by atoms with E-state index in [1.165, 1.54) is 129 Å². The summed E-state index contributed by atoms with van der Waals surface area (Å²) in [6.45, 7) is 8.65. The Balaban J connectivity index is 0. The van der Waals surface area contributed by atoms with E-state index in [1.807, 2.05) is 0 Å². The van der Waals surface area contributed by atoms with Gasteiger partial charge in [-0.1, -0.05) is 129 Å². The van der Waals surface area contributed by atoms with E-state index in [0.717, 1.165) is 12.8 Å². The van der Waals surface area contributed by atoms with Gasteiger partial charge in [0.1, 0.15) is 0 Å². The molecule has 0 aromatic rings. The van der Waals surface area contributed by atoms with Crippen LogP contribution >= 0.6 is 0 Å². The predicted molar refractivity (Wildman–Crippen MR) is 137 cm³/mol. The number of carbonyl (C=O) groups excluding carboxylic acids is 2. The summed E-state index contributed by atoms with van der Waals surface area (Å²) in [6.07, 6.45) is 26.3. The number of carbonyl (C=O) groups is 2. The second-order valence-electron chi connectivity index (χ2n) is 9.04. The summed E-state index contributed by atoms with van der Waals surface area (Å²) in [5.74, 6) is -0.313. The van der Waals surface area contributed by atoms with E-state index in [4.69, 9.17) is 9.47 Å². The van der Waals surface area contributed by atoms with Crippen molar-refractivity contribution >= 4 is 11.9 Å². The van der Waals surface area contributed by atoms with Crippen LogP contribution in [0, 0.1) is 0 Å². The van der Waals surface area contributed by atoms with Crippen molar-refractivity contribution in [3.05, 3.63) is 0 Å². The minimum atomic E-state index is -0.157. The van der Waals surface area contributed by atoms with Crippen LogP contribution in [0.25, 0.3) is 0 Å². The van der Waals surface area contributed by atoms with Crippen molar-refractivity contribution in [3.63, 3.8) is 0 Å². The number of hydrogen-bond donors (Lipinski definition) is 0. The molecule has 0 unspecified atom stereocenters. The Kier molecular flexibility index (Phi) is 31.0. The molecule has 0 N–H and O–H groups in total. The largest absolute Gasteiger partial charge is 0.466 e. The van der Waals surface area contributed by atoms with E-state index >= 15 is 0 Å². The molecule has 0 atom stereocenters. The van der Waals surface area contributed by atoms with Gasteiger partial charge in [0.2, 0.25) is 0 Å². The Labute approximate surface area is 200 Å². The highest BCUT2D eigenvalue weighted by molar-refractivity contribution is 5.66. The summed E-state index contributed by atoms with van der Waals surface area (Å²) in [4.78, 5) is 21.0. The van der Waals surface area contributed by atoms with Gasteiger partial charge in [0, 0.05) is 13.8 Å². The minimum absolute atomic E-state index is 0.157. The molecule has 4 nitrogen and oxygen atoms in total. The molecule has 0 aliphatic heterocycles. The standard InChI is InChI=1S/2C14H28O2/c2*1-3-4-5-6-7-8-9-10-11-12-13-16-14(2)15/h2*3-13H2,1-2H3. The molecule has 0 fully saturated rings. The molecule has 192 valence electrons. The molecule has 0 aromatic carbocycles. The van der Waals surface area contributed by atoms with Crippen LogP contribution in [0.2, 0.25) is 0 Å². The van der Waals surface area contributed by atoms with Crippen LogP contribution in [0.4, 0.5) is 0 Å². The van der Waals surface area contributed by atoms with Crippen molar-refractivity contribution in [1.82, 2.24) is 0 Å². The molecular formula is C28H56O4. The smallest absolute Gasteiger partial charge is 0.302 e. The Morgan fingerprint density at radius 3 is 0.844 bits per heavy atom. The highest BCUT2D eigenvalue weighted by Crippen LogP contribution is 2.11. The average Bonchev–Trinajstić information content (AvgIpc) is 2.76. The molecular weight excluding hydrogens is 400 g/mol. The van der Waals surface area contributed by atoms with Crippen molar-refractivity contribution in [2.45, 2.75) is 156 Å². The molecule has 4 heteroatoms. The second-order valence-corrected chi connectivity index (χ2v) is 9.04. The molecule has 0 spiro atoms. The maximum atomic E-state index is 10.5. The Morgan fingerprint density at radius 1 is 0.406 bits per heavy atom. The van der Waals surface area contributed by atoms with E-state index in [2.05, 4.69) is 13.8 Å². The van der Waals surface area contributed by atoms with Gasteiger partial charge < -0.3 is 9.47 Å². The fraction of sp³-hybridized carbons (Fsp3) is 0.929. The fourth-order valence-electron chi connectivity index (χ4n) is 3.61. The van der Waals surface area contributed by atoms with Gasteiger partial charge in [0.15, 0.2) is 0 Å². The maximum Gasteiger partial charge on any atom is 0.302 e. The monoisotopic (exact) mass is 456 g/mol. The molecule has 0 radical (unpaired) electrons. The molecule has 0 aliphatic carbocycles. The van der Waals surface area contributed by atoms with Crippen LogP contribution in [0.5, 0.6) is 0 Å². The van der Waals surface area contributed by atoms with Gasteiger partial charge in [0.25, 0.3) is 0 Å². The first-order valence-electron chi connectivity index (χ1n) is 13.8. The van der Waals surface area contributed by atoms with Gasteiger partial charge in [-0.15, -0.1) is 0 Å². The third-order valence-electron chi connectivity index (χ3n) is 5.61. The van der Waals surface area contributed by atoms with E-state index in [0.29, 0.717) is 13.2 Å². The highest BCUT2D eigenvalue weighted by atomic mass is 16.5. The quantitative estimate of drug-likeness (QED) is 0.120. The third kappa shape index (κ3) is 36.3. The van der Waals surface area contributed by atoms with Crippen LogP contribution in [0.3, 0.4) is 0 Å². The molecule has 0 rings (SSSR count). The minimum Gasteiger partial charge on any atom is -0.466 e. The van der Waals surface area contributed by atoms with Gasteiger partial charge >= 0.3 is 11.9 Å². The summed E-state index contributed by atoms with van der Waals surface area (Å²) in [7, 11) is 0. The molecule has 0 aromatic heterocycles. The van der Waals surface area contributed by atoms with Crippen molar-refractivity contribution < 1.29 is 19.1 Å². The van der Waals surface area contributed by atoms with Crippen molar-refractivity contribution in [2.75, 3.05) is 13.2 Å². The normalized spacial score (nSPS) is 10.4. The lowest BCUT2D eigenvalue weighted by atomic mass is 10.1. The first kappa shape index (κ1) is 33.1. The third-order valence-corrected chi connectivity index (χ3v) is 5.61. The number of unbranched alkanes of at least 4 members (excludes halogenated alkanes) is 18. The van der Waals surface area contributed by atoms with Crippen molar-refractivity contribution in [1.29, 1.82) is 0 Å². The second kappa shape index (κ2) is 29.9. The molecule has 32 heavy (non-hydrogen) atoms. The fourth-order valence-corrected chi connectivity index (χ4v) is 3.61. The number of esters is 2. The molecule has 0 heterocycles. The lowest BCUT2D eigenvalue weighted by molar-refractivity contribution is -0.142. The topological polar surface area (TPSA) is 52.6 Å². The van der Waals surface area contributed by atoms with E-state index in [1.54, 1.807) is 0 Å². The van der Waals surface area contributed by atoms with Gasteiger partial charge in [-0.05, 0) is 12.8 Å². The summed E-state index contributed by atoms with van der Waals surface area (Å²) in [6, 6.07) is 0. The first-order valence-corrected chi connectivity index (χ1v) is 13.8. The van der Waals surface area contributed by atoms with Crippen molar-refractivity contribution in [3.8, 4) is 0 Å². The molecule has 0 saturated carbocycles. The zero-order chi connectivity index (χ0) is 24.1. The molecule has 0 aliphatic rings. The summed E-state index contributed by atoms with van der Waals surface area (Å²) >= 11 is 0. The number of rotatable bonds is 22. The number of hydrogen-bond acceptors (Lipinski definition) is 4. The van der Waals surface area contributed by atoms with E-state index < -0.39 is 0 Å². The van der Waals surface area contributed by atoms with Crippen molar-refractivity contribution in [2.24, 2.45) is 0 Å². The maximum absolute atomic E-state index is 10.5. The Morgan fingerprint density at radius 2 is 0.625 bits per heavy atom. The summed E-state index contributed by atoms with van der Waals surface area (Å²) < 4.78 is 9.75. The van der Waals surface area contributed by atoms with Gasteiger partial charge in [-0.3, -0.25) is 9.59 Å². The Hall–Kier alpha value is -1.06. The number of ether oxygens (including phenoxy) is 2. The van der Waals surface area contributed by atoms with Crippen LogP contribution in [0.1, 0.15) is 156 Å². The van der Waals surface area contributed by atoms with Gasteiger partial charge in [-0.25, -0.2) is 0 Å². The SMILES string of the molecule is CCCCCCCCCCCCOC(C)=O.CCCCCCCCCCCCOC(C)=O.